The number of nitrogens with one attached hydrogen (secondary N) is 2. The number of anilines is 1. The Bertz CT molecular complexity index is 1050. The van der Waals surface area contributed by atoms with Gasteiger partial charge in [0.15, 0.2) is 5.17 Å². The van der Waals surface area contributed by atoms with Crippen LogP contribution in [0.2, 0.25) is 5.02 Å². The van der Waals surface area contributed by atoms with Crippen LogP contribution in [0.4, 0.5) is 5.69 Å². The molecular weight excluding hydrogens is 418 g/mol. The average Bonchev–Trinajstić information content (AvgIpc) is 2.62. The molecule has 0 saturated heterocycles. The quantitative estimate of drug-likeness (QED) is 0.740. The first-order chi connectivity index (χ1) is 13.2. The minimum atomic E-state index is -3.84. The molecule has 1 amide bonds. The van der Waals surface area contributed by atoms with Gasteiger partial charge in [0.05, 0.1) is 10.6 Å². The molecule has 0 aromatic heterocycles. The Morgan fingerprint density at radius 2 is 1.96 bits per heavy atom. The molecule has 6 nitrogen and oxygen atoms in total. The molecule has 2 aromatic carbocycles. The van der Waals surface area contributed by atoms with Crippen molar-refractivity contribution in [1.29, 1.82) is 0 Å². The number of carbonyl (C=O) groups excluding carboxylic acids is 1. The zero-order valence-corrected chi connectivity index (χ0v) is 18.0. The number of carbonyl (C=O) groups is 1. The molecule has 1 aliphatic rings. The van der Waals surface area contributed by atoms with E-state index < -0.39 is 15.9 Å². The van der Waals surface area contributed by atoms with Crippen LogP contribution in [0.25, 0.3) is 0 Å². The highest BCUT2D eigenvalue weighted by atomic mass is 35.5. The summed E-state index contributed by atoms with van der Waals surface area (Å²) in [4.78, 5) is 17.4. The number of benzene rings is 2. The number of rotatable bonds is 4. The van der Waals surface area contributed by atoms with Crippen LogP contribution < -0.4 is 10.0 Å². The summed E-state index contributed by atoms with van der Waals surface area (Å²) in [6.07, 6.45) is 0.789. The van der Waals surface area contributed by atoms with Gasteiger partial charge in [0.25, 0.3) is 15.9 Å². The number of halogens is 1. The SMILES string of the molecule is CCC(C)N=C1NS(=O)(=O)c2cc(C(=O)Nc3ccc(C)cc3)c(Cl)cc2S1. The fraction of sp³-hybridized carbons (Fsp3) is 0.263. The highest BCUT2D eigenvalue weighted by Gasteiger charge is 2.30. The predicted octanol–water partition coefficient (Wildman–Crippen LogP) is 4.44. The van der Waals surface area contributed by atoms with Crippen molar-refractivity contribution in [1.82, 2.24) is 4.72 Å². The Kier molecular flexibility index (Phi) is 6.02. The number of fused-ring (bicyclic) bond motifs is 1. The third-order valence-electron chi connectivity index (χ3n) is 4.23. The van der Waals surface area contributed by atoms with Crippen molar-refractivity contribution in [3.8, 4) is 0 Å². The molecule has 0 bridgehead atoms. The molecule has 0 radical (unpaired) electrons. The van der Waals surface area contributed by atoms with E-state index in [0.717, 1.165) is 12.0 Å². The molecule has 0 fully saturated rings. The molecule has 1 heterocycles. The Hall–Kier alpha value is -2.03. The molecule has 1 atom stereocenters. The van der Waals surface area contributed by atoms with E-state index in [1.165, 1.54) is 23.9 Å². The van der Waals surface area contributed by atoms with E-state index in [9.17, 15) is 13.2 Å². The summed E-state index contributed by atoms with van der Waals surface area (Å²) < 4.78 is 27.8. The number of aryl methyl sites for hydroxylation is 1. The number of aliphatic imine (C=N–C) groups is 1. The highest BCUT2D eigenvalue weighted by molar-refractivity contribution is 8.16. The summed E-state index contributed by atoms with van der Waals surface area (Å²) in [7, 11) is -3.84. The van der Waals surface area contributed by atoms with E-state index in [-0.39, 0.29) is 21.5 Å². The summed E-state index contributed by atoms with van der Waals surface area (Å²) >= 11 is 7.48. The lowest BCUT2D eigenvalue weighted by atomic mass is 10.2. The molecule has 1 unspecified atom stereocenters. The minimum Gasteiger partial charge on any atom is -0.322 e. The maximum atomic E-state index is 12.7. The lowest BCUT2D eigenvalue weighted by molar-refractivity contribution is 0.102. The van der Waals surface area contributed by atoms with E-state index >= 15 is 0 Å². The number of thioether (sulfide) groups is 1. The lowest BCUT2D eigenvalue weighted by Crippen LogP contribution is -2.33. The van der Waals surface area contributed by atoms with Crippen molar-refractivity contribution in [2.45, 2.75) is 43.0 Å². The molecular formula is C19H20ClN3O3S2. The van der Waals surface area contributed by atoms with Crippen molar-refractivity contribution in [3.05, 3.63) is 52.5 Å². The monoisotopic (exact) mass is 437 g/mol. The van der Waals surface area contributed by atoms with Crippen LogP contribution in [0.15, 0.2) is 51.2 Å². The number of hydrogen-bond donors (Lipinski definition) is 2. The van der Waals surface area contributed by atoms with Gasteiger partial charge >= 0.3 is 0 Å². The first-order valence-electron chi connectivity index (χ1n) is 8.69. The van der Waals surface area contributed by atoms with Crippen molar-refractivity contribution in [2.24, 2.45) is 4.99 Å². The summed E-state index contributed by atoms with van der Waals surface area (Å²) in [5.41, 5.74) is 1.76. The molecule has 1 aliphatic heterocycles. The number of nitrogens with zero attached hydrogens (tertiary/aromatic N) is 1. The maximum Gasteiger partial charge on any atom is 0.264 e. The first kappa shape index (κ1) is 20.7. The van der Waals surface area contributed by atoms with Gasteiger partial charge in [-0.25, -0.2) is 8.42 Å². The number of amides is 1. The lowest BCUT2D eigenvalue weighted by Gasteiger charge is -2.21. The van der Waals surface area contributed by atoms with E-state index in [2.05, 4.69) is 15.0 Å². The van der Waals surface area contributed by atoms with Gasteiger partial charge in [-0.2, -0.15) is 0 Å². The van der Waals surface area contributed by atoms with E-state index in [4.69, 9.17) is 11.6 Å². The van der Waals surface area contributed by atoms with Gasteiger partial charge in [-0.05, 0) is 44.5 Å². The first-order valence-corrected chi connectivity index (χ1v) is 11.4. The zero-order chi connectivity index (χ0) is 20.5. The topological polar surface area (TPSA) is 87.6 Å². The largest absolute Gasteiger partial charge is 0.322 e. The Morgan fingerprint density at radius 3 is 2.61 bits per heavy atom. The summed E-state index contributed by atoms with van der Waals surface area (Å²) in [6.45, 7) is 5.82. The van der Waals surface area contributed by atoms with Gasteiger partial charge in [-0.1, -0.05) is 48.0 Å². The molecule has 3 rings (SSSR count). The van der Waals surface area contributed by atoms with Gasteiger partial charge in [0.2, 0.25) is 0 Å². The molecule has 0 saturated carbocycles. The summed E-state index contributed by atoms with van der Waals surface area (Å²) in [6, 6.07) is 10.1. The average molecular weight is 438 g/mol. The summed E-state index contributed by atoms with van der Waals surface area (Å²) in [5.74, 6) is -0.476. The molecule has 148 valence electrons. The second-order valence-corrected chi connectivity index (χ2v) is 9.59. The van der Waals surface area contributed by atoms with Gasteiger partial charge < -0.3 is 5.32 Å². The van der Waals surface area contributed by atoms with Crippen LogP contribution in [0.1, 0.15) is 36.2 Å². The van der Waals surface area contributed by atoms with Crippen LogP contribution >= 0.6 is 23.4 Å². The Balaban J connectivity index is 1.94. The van der Waals surface area contributed by atoms with E-state index in [1.807, 2.05) is 32.9 Å². The normalized spacial score (nSPS) is 17.5. The zero-order valence-electron chi connectivity index (χ0n) is 15.6. The molecule has 2 N–H and O–H groups in total. The van der Waals surface area contributed by atoms with Gasteiger partial charge in [-0.15, -0.1) is 0 Å². The maximum absolute atomic E-state index is 12.7. The summed E-state index contributed by atoms with van der Waals surface area (Å²) in [5, 5.41) is 3.21. The van der Waals surface area contributed by atoms with Crippen LogP contribution in [0.3, 0.4) is 0 Å². The second kappa shape index (κ2) is 8.14. The molecule has 2 aromatic rings. The highest BCUT2D eigenvalue weighted by Crippen LogP contribution is 2.36. The molecule has 9 heteroatoms. The van der Waals surface area contributed by atoms with Crippen LogP contribution in [0, 0.1) is 6.92 Å². The fourth-order valence-corrected chi connectivity index (χ4v) is 5.50. The van der Waals surface area contributed by atoms with Crippen LogP contribution in [0.5, 0.6) is 0 Å². The number of hydrogen-bond acceptors (Lipinski definition) is 5. The predicted molar refractivity (Wildman–Crippen MR) is 114 cm³/mol. The second-order valence-electron chi connectivity index (χ2n) is 6.50. The smallest absolute Gasteiger partial charge is 0.264 e. The molecule has 0 aliphatic carbocycles. The third kappa shape index (κ3) is 4.51. The number of sulfonamides is 1. The molecule has 0 spiro atoms. The number of amidine groups is 1. The molecule has 28 heavy (non-hydrogen) atoms. The van der Waals surface area contributed by atoms with Crippen LogP contribution in [-0.2, 0) is 10.0 Å². The van der Waals surface area contributed by atoms with Crippen LogP contribution in [-0.4, -0.2) is 25.5 Å². The van der Waals surface area contributed by atoms with Crippen molar-refractivity contribution in [2.75, 3.05) is 5.32 Å². The van der Waals surface area contributed by atoms with Crippen molar-refractivity contribution >= 4 is 50.1 Å². The van der Waals surface area contributed by atoms with Crippen molar-refractivity contribution < 1.29 is 13.2 Å². The van der Waals surface area contributed by atoms with E-state index in [0.29, 0.717) is 15.8 Å². The Morgan fingerprint density at radius 1 is 1.29 bits per heavy atom. The fourth-order valence-electron chi connectivity index (χ4n) is 2.47. The van der Waals surface area contributed by atoms with Gasteiger partial charge in [0.1, 0.15) is 4.90 Å². The van der Waals surface area contributed by atoms with E-state index in [1.54, 1.807) is 12.1 Å². The minimum absolute atomic E-state index is 0.0122. The standard InChI is InChI=1S/C19H20ClN3O3S2/c1-4-12(3)21-19-23-28(25,26)17-9-14(15(20)10-16(17)27-19)18(24)22-13-7-5-11(2)6-8-13/h5-10,12H,4H2,1-3H3,(H,21,23)(H,22,24). The van der Waals surface area contributed by atoms with Gasteiger partial charge in [-0.3, -0.25) is 14.5 Å². The van der Waals surface area contributed by atoms with Gasteiger partial charge in [0, 0.05) is 16.6 Å². The van der Waals surface area contributed by atoms with Crippen molar-refractivity contribution in [3.63, 3.8) is 0 Å². The Labute approximate surface area is 173 Å². The third-order valence-corrected chi connectivity index (χ3v) is 7.14.